The van der Waals surface area contributed by atoms with Crippen molar-refractivity contribution in [3.05, 3.63) is 87.9 Å². The number of aryl methyl sites for hydroxylation is 2. The monoisotopic (exact) mass is 462 g/mol. The molecule has 0 aliphatic heterocycles. The lowest BCUT2D eigenvalue weighted by atomic mass is 10.1. The number of nitrogens with one attached hydrogen (secondary N) is 1. The molecule has 0 unspecified atom stereocenters. The van der Waals surface area contributed by atoms with E-state index in [-0.39, 0.29) is 20.6 Å². The van der Waals surface area contributed by atoms with E-state index in [9.17, 15) is 13.2 Å². The van der Waals surface area contributed by atoms with Crippen LogP contribution < -0.4 is 9.62 Å². The minimum Gasteiger partial charge on any atom is -0.322 e. The van der Waals surface area contributed by atoms with Crippen molar-refractivity contribution in [2.75, 3.05) is 16.2 Å². The molecule has 0 aliphatic rings. The fourth-order valence-corrected chi connectivity index (χ4v) is 4.77. The van der Waals surface area contributed by atoms with E-state index in [1.54, 1.807) is 48.5 Å². The van der Waals surface area contributed by atoms with Gasteiger partial charge in [-0.1, -0.05) is 53.5 Å². The van der Waals surface area contributed by atoms with Crippen LogP contribution in [0.2, 0.25) is 10.0 Å². The van der Waals surface area contributed by atoms with E-state index >= 15 is 0 Å². The van der Waals surface area contributed by atoms with Crippen molar-refractivity contribution < 1.29 is 13.2 Å². The molecule has 1 N–H and O–H groups in total. The van der Waals surface area contributed by atoms with Gasteiger partial charge in [-0.2, -0.15) is 0 Å². The molecule has 1 amide bonds. The molecule has 3 aromatic carbocycles. The summed E-state index contributed by atoms with van der Waals surface area (Å²) in [5, 5.41) is 3.15. The van der Waals surface area contributed by atoms with Crippen LogP contribution in [0.3, 0.4) is 0 Å². The van der Waals surface area contributed by atoms with Crippen LogP contribution in [0.5, 0.6) is 0 Å². The number of carbonyl (C=O) groups excluding carboxylic acids is 1. The van der Waals surface area contributed by atoms with Crippen molar-refractivity contribution in [2.24, 2.45) is 0 Å². The molecule has 3 rings (SSSR count). The van der Waals surface area contributed by atoms with Crippen LogP contribution in [0.1, 0.15) is 11.1 Å². The Balaban J connectivity index is 1.99. The second-order valence-electron chi connectivity index (χ2n) is 6.74. The van der Waals surface area contributed by atoms with Crippen molar-refractivity contribution in [1.82, 2.24) is 0 Å². The Kier molecular flexibility index (Phi) is 6.71. The van der Waals surface area contributed by atoms with E-state index < -0.39 is 22.5 Å². The second kappa shape index (κ2) is 9.08. The highest BCUT2D eigenvalue weighted by Gasteiger charge is 2.27. The summed E-state index contributed by atoms with van der Waals surface area (Å²) in [6.07, 6.45) is 0. The number of rotatable bonds is 6. The van der Waals surface area contributed by atoms with Gasteiger partial charge in [-0.05, 0) is 61.4 Å². The third kappa shape index (κ3) is 4.78. The number of hydrogen-bond acceptors (Lipinski definition) is 3. The van der Waals surface area contributed by atoms with Crippen LogP contribution in [-0.2, 0) is 14.8 Å². The van der Waals surface area contributed by atoms with Crippen LogP contribution in [0.4, 0.5) is 11.4 Å². The third-order valence-corrected chi connectivity index (χ3v) is 7.04. The molecule has 0 atom stereocenters. The number of benzene rings is 3. The number of amides is 1. The SMILES string of the molecule is Cc1ccc(N(CC(=O)Nc2c(Cl)cccc2Cl)S(=O)(=O)c2ccccc2)cc1C. The van der Waals surface area contributed by atoms with Gasteiger partial charge >= 0.3 is 0 Å². The van der Waals surface area contributed by atoms with Gasteiger partial charge in [0.25, 0.3) is 10.0 Å². The first-order chi connectivity index (χ1) is 14.2. The molecule has 0 fully saturated rings. The molecule has 0 radical (unpaired) electrons. The summed E-state index contributed by atoms with van der Waals surface area (Å²) in [6, 6.07) is 18.1. The highest BCUT2D eigenvalue weighted by atomic mass is 35.5. The van der Waals surface area contributed by atoms with E-state index in [4.69, 9.17) is 23.2 Å². The molecule has 8 heteroatoms. The topological polar surface area (TPSA) is 66.5 Å². The van der Waals surface area contributed by atoms with E-state index in [1.807, 2.05) is 19.9 Å². The predicted octanol–water partition coefficient (Wildman–Crippen LogP) is 5.44. The number of para-hydroxylation sites is 1. The number of carbonyl (C=O) groups is 1. The summed E-state index contributed by atoms with van der Waals surface area (Å²) in [5.74, 6) is -0.567. The van der Waals surface area contributed by atoms with E-state index in [1.165, 1.54) is 12.1 Å². The largest absolute Gasteiger partial charge is 0.322 e. The van der Waals surface area contributed by atoms with Crippen molar-refractivity contribution >= 4 is 50.5 Å². The van der Waals surface area contributed by atoms with Crippen molar-refractivity contribution in [1.29, 1.82) is 0 Å². The number of nitrogens with zero attached hydrogens (tertiary/aromatic N) is 1. The Bertz CT molecular complexity index is 1160. The summed E-state index contributed by atoms with van der Waals surface area (Å²) in [4.78, 5) is 12.9. The Labute approximate surface area is 186 Å². The van der Waals surface area contributed by atoms with Gasteiger partial charge < -0.3 is 5.32 Å². The van der Waals surface area contributed by atoms with Crippen molar-refractivity contribution in [3.8, 4) is 0 Å². The lowest BCUT2D eigenvalue weighted by molar-refractivity contribution is -0.114. The predicted molar refractivity (Wildman–Crippen MR) is 122 cm³/mol. The number of hydrogen-bond donors (Lipinski definition) is 1. The zero-order valence-electron chi connectivity index (χ0n) is 16.4. The molecule has 0 aromatic heterocycles. The summed E-state index contributed by atoms with van der Waals surface area (Å²) >= 11 is 12.2. The molecule has 0 spiro atoms. The smallest absolute Gasteiger partial charge is 0.264 e. The number of anilines is 2. The zero-order valence-corrected chi connectivity index (χ0v) is 18.7. The Morgan fingerprint density at radius 1 is 0.900 bits per heavy atom. The van der Waals surface area contributed by atoms with Gasteiger partial charge in [0.05, 0.1) is 26.3 Å². The van der Waals surface area contributed by atoms with E-state index in [0.717, 1.165) is 15.4 Å². The maximum atomic E-state index is 13.3. The zero-order chi connectivity index (χ0) is 21.9. The Morgan fingerprint density at radius 3 is 2.13 bits per heavy atom. The van der Waals surface area contributed by atoms with Crippen molar-refractivity contribution in [3.63, 3.8) is 0 Å². The molecular formula is C22H20Cl2N2O3S. The van der Waals surface area contributed by atoms with E-state index in [2.05, 4.69) is 5.32 Å². The third-order valence-electron chi connectivity index (χ3n) is 4.62. The minimum absolute atomic E-state index is 0.0896. The fourth-order valence-electron chi connectivity index (χ4n) is 2.84. The summed E-state index contributed by atoms with van der Waals surface area (Å²) in [6.45, 7) is 3.37. The van der Waals surface area contributed by atoms with Crippen LogP contribution in [0.25, 0.3) is 0 Å². The van der Waals surface area contributed by atoms with Gasteiger partial charge in [0, 0.05) is 0 Å². The molecule has 0 aliphatic carbocycles. The molecular weight excluding hydrogens is 443 g/mol. The lowest BCUT2D eigenvalue weighted by Gasteiger charge is -2.25. The van der Waals surface area contributed by atoms with Gasteiger partial charge in [-0.25, -0.2) is 8.42 Å². The highest BCUT2D eigenvalue weighted by Crippen LogP contribution is 2.30. The molecule has 0 saturated heterocycles. The maximum Gasteiger partial charge on any atom is 0.264 e. The van der Waals surface area contributed by atoms with Gasteiger partial charge in [-0.15, -0.1) is 0 Å². The number of sulfonamides is 1. The standard InChI is InChI=1S/C22H20Cl2N2O3S/c1-15-11-12-17(13-16(15)2)26(30(28,29)18-7-4-3-5-8-18)14-21(27)25-22-19(23)9-6-10-20(22)24/h3-13H,14H2,1-2H3,(H,25,27). The van der Waals surface area contributed by atoms with Gasteiger partial charge in [-0.3, -0.25) is 9.10 Å². The second-order valence-corrected chi connectivity index (χ2v) is 9.41. The average Bonchev–Trinajstić information content (AvgIpc) is 2.72. The van der Waals surface area contributed by atoms with Crippen LogP contribution >= 0.6 is 23.2 Å². The Morgan fingerprint density at radius 2 is 1.53 bits per heavy atom. The number of halogens is 2. The van der Waals surface area contributed by atoms with Crippen LogP contribution in [0, 0.1) is 13.8 Å². The minimum atomic E-state index is -3.98. The summed E-state index contributed by atoms with van der Waals surface area (Å²) in [7, 11) is -3.98. The lowest BCUT2D eigenvalue weighted by Crippen LogP contribution is -2.38. The molecule has 0 saturated carbocycles. The summed E-state index contributed by atoms with van der Waals surface area (Å²) < 4.78 is 27.8. The van der Waals surface area contributed by atoms with Gasteiger partial charge in [0.15, 0.2) is 0 Å². The first kappa shape index (κ1) is 22.2. The molecule has 3 aromatic rings. The fraction of sp³-hybridized carbons (Fsp3) is 0.136. The maximum absolute atomic E-state index is 13.3. The molecule has 156 valence electrons. The average molecular weight is 463 g/mol. The normalized spacial score (nSPS) is 11.2. The quantitative estimate of drug-likeness (QED) is 0.529. The molecule has 5 nitrogen and oxygen atoms in total. The molecule has 0 heterocycles. The van der Waals surface area contributed by atoms with E-state index in [0.29, 0.717) is 5.69 Å². The molecule has 30 heavy (non-hydrogen) atoms. The van der Waals surface area contributed by atoms with Crippen LogP contribution in [-0.4, -0.2) is 20.9 Å². The first-order valence-electron chi connectivity index (χ1n) is 9.09. The van der Waals surface area contributed by atoms with Crippen LogP contribution in [0.15, 0.2) is 71.6 Å². The van der Waals surface area contributed by atoms with Crippen molar-refractivity contribution in [2.45, 2.75) is 18.7 Å². The highest BCUT2D eigenvalue weighted by molar-refractivity contribution is 7.92. The van der Waals surface area contributed by atoms with Gasteiger partial charge in [0.1, 0.15) is 6.54 Å². The first-order valence-corrected chi connectivity index (χ1v) is 11.3. The van der Waals surface area contributed by atoms with Gasteiger partial charge in [0.2, 0.25) is 5.91 Å². The molecule has 0 bridgehead atoms. The summed E-state index contributed by atoms with van der Waals surface area (Å²) in [5.41, 5.74) is 2.56. The Hall–Kier alpha value is -2.54.